The molecule has 0 radical (unpaired) electrons. The first kappa shape index (κ1) is 20.9. The van der Waals surface area contributed by atoms with Crippen molar-refractivity contribution in [2.75, 3.05) is 5.32 Å². The van der Waals surface area contributed by atoms with Crippen LogP contribution in [0.3, 0.4) is 0 Å². The predicted octanol–water partition coefficient (Wildman–Crippen LogP) is 5.29. The van der Waals surface area contributed by atoms with Gasteiger partial charge in [-0.3, -0.25) is 9.59 Å². The molecule has 2 amide bonds. The molecule has 3 N–H and O–H groups in total. The zero-order valence-electron chi connectivity index (χ0n) is 16.6. The minimum atomic E-state index is -0.579. The van der Waals surface area contributed by atoms with E-state index in [9.17, 15) is 9.59 Å². The number of hydrogen-bond acceptors (Lipinski definition) is 6. The normalized spacial score (nSPS) is 11.8. The summed E-state index contributed by atoms with van der Waals surface area (Å²) in [6, 6.07) is 21.1. The molecule has 0 aliphatic carbocycles. The maximum atomic E-state index is 12.7. The fraction of sp³-hybridized carbons (Fsp3) is 0.0870. The number of rotatable bonds is 7. The van der Waals surface area contributed by atoms with Gasteiger partial charge in [-0.25, -0.2) is 4.98 Å². The van der Waals surface area contributed by atoms with Gasteiger partial charge in [-0.1, -0.05) is 72.4 Å². The van der Waals surface area contributed by atoms with E-state index in [1.807, 2.05) is 60.7 Å². The Morgan fingerprint density at radius 1 is 1.03 bits per heavy atom. The van der Waals surface area contributed by atoms with Crippen LogP contribution in [0.15, 0.2) is 81.8 Å². The van der Waals surface area contributed by atoms with Crippen LogP contribution in [0.2, 0.25) is 0 Å². The van der Waals surface area contributed by atoms with Crippen LogP contribution >= 0.6 is 23.1 Å². The van der Waals surface area contributed by atoms with Gasteiger partial charge in [-0.15, -0.1) is 11.3 Å². The number of thioether (sulfide) groups is 1. The Morgan fingerprint density at radius 3 is 2.32 bits per heavy atom. The van der Waals surface area contributed by atoms with Gasteiger partial charge in [0.1, 0.15) is 10.7 Å². The Morgan fingerprint density at radius 2 is 1.68 bits per heavy atom. The number of thiophene rings is 1. The highest BCUT2D eigenvalue weighted by molar-refractivity contribution is 8.00. The largest absolute Gasteiger partial charge is 0.431 e. The van der Waals surface area contributed by atoms with E-state index in [1.165, 1.54) is 23.1 Å². The number of oxazole rings is 1. The number of primary amides is 1. The van der Waals surface area contributed by atoms with E-state index in [-0.39, 0.29) is 5.91 Å². The van der Waals surface area contributed by atoms with Crippen LogP contribution in [0.25, 0.3) is 22.6 Å². The summed E-state index contributed by atoms with van der Waals surface area (Å²) in [7, 11) is 0. The average Bonchev–Trinajstić information content (AvgIpc) is 3.42. The molecule has 1 atom stereocenters. The van der Waals surface area contributed by atoms with Crippen LogP contribution in [0.1, 0.15) is 17.3 Å². The van der Waals surface area contributed by atoms with Gasteiger partial charge in [0, 0.05) is 11.1 Å². The van der Waals surface area contributed by atoms with Gasteiger partial charge in [-0.05, 0) is 18.4 Å². The Kier molecular flexibility index (Phi) is 6.20. The Labute approximate surface area is 187 Å². The molecule has 0 spiro atoms. The molecule has 0 fully saturated rings. The number of nitrogens with one attached hydrogen (secondary N) is 1. The van der Waals surface area contributed by atoms with E-state index >= 15 is 0 Å². The molecule has 1 unspecified atom stereocenters. The molecule has 2 heterocycles. The van der Waals surface area contributed by atoms with Crippen LogP contribution in [0.5, 0.6) is 0 Å². The third kappa shape index (κ3) is 4.70. The molecule has 0 aliphatic rings. The summed E-state index contributed by atoms with van der Waals surface area (Å²) < 4.78 is 6.07. The number of amides is 2. The van der Waals surface area contributed by atoms with Gasteiger partial charge in [-0.2, -0.15) is 0 Å². The lowest BCUT2D eigenvalue weighted by Crippen LogP contribution is -2.23. The highest BCUT2D eigenvalue weighted by atomic mass is 32.2. The zero-order chi connectivity index (χ0) is 21.8. The van der Waals surface area contributed by atoms with Gasteiger partial charge in [0.2, 0.25) is 5.91 Å². The SMILES string of the molecule is CC(Sc1nc(-c2ccccc2)c(-c2ccccc2)o1)C(=O)Nc1sccc1C(N)=O. The molecule has 0 saturated heterocycles. The van der Waals surface area contributed by atoms with Gasteiger partial charge < -0.3 is 15.5 Å². The number of carbonyl (C=O) groups excluding carboxylic acids is 2. The van der Waals surface area contributed by atoms with E-state index < -0.39 is 11.2 Å². The van der Waals surface area contributed by atoms with Crippen LogP contribution in [-0.4, -0.2) is 22.0 Å². The first-order valence-electron chi connectivity index (χ1n) is 9.49. The van der Waals surface area contributed by atoms with Crippen molar-refractivity contribution in [1.82, 2.24) is 4.98 Å². The zero-order valence-corrected chi connectivity index (χ0v) is 18.2. The van der Waals surface area contributed by atoms with Gasteiger partial charge in [0.25, 0.3) is 11.1 Å². The van der Waals surface area contributed by atoms with Crippen molar-refractivity contribution in [2.45, 2.75) is 17.4 Å². The predicted molar refractivity (Wildman–Crippen MR) is 124 cm³/mol. The maximum absolute atomic E-state index is 12.7. The van der Waals surface area contributed by atoms with Crippen molar-refractivity contribution in [1.29, 1.82) is 0 Å². The molecular formula is C23H19N3O3S2. The third-order valence-electron chi connectivity index (χ3n) is 4.50. The number of carbonyl (C=O) groups is 2. The smallest absolute Gasteiger partial charge is 0.257 e. The lowest BCUT2D eigenvalue weighted by atomic mass is 10.1. The number of anilines is 1. The van der Waals surface area contributed by atoms with Gasteiger partial charge in [0.05, 0.1) is 10.8 Å². The average molecular weight is 450 g/mol. The summed E-state index contributed by atoms with van der Waals surface area (Å²) in [6.07, 6.45) is 0. The summed E-state index contributed by atoms with van der Waals surface area (Å²) >= 11 is 2.46. The summed E-state index contributed by atoms with van der Waals surface area (Å²) in [5.41, 5.74) is 8.20. The first-order valence-corrected chi connectivity index (χ1v) is 11.3. The number of benzene rings is 2. The minimum absolute atomic E-state index is 0.268. The Balaban J connectivity index is 1.58. The lowest BCUT2D eigenvalue weighted by molar-refractivity contribution is -0.115. The first-order chi connectivity index (χ1) is 15.0. The molecule has 0 bridgehead atoms. The summed E-state index contributed by atoms with van der Waals surface area (Å²) in [5.74, 6) is -0.198. The Bertz CT molecular complexity index is 1150. The number of nitrogens with two attached hydrogens (primary N) is 1. The third-order valence-corrected chi connectivity index (χ3v) is 6.28. The molecule has 0 saturated carbocycles. The summed E-state index contributed by atoms with van der Waals surface area (Å²) in [4.78, 5) is 28.8. The van der Waals surface area contributed by atoms with Crippen molar-refractivity contribution in [2.24, 2.45) is 5.73 Å². The van der Waals surface area contributed by atoms with E-state index in [0.29, 0.717) is 21.5 Å². The Hall–Kier alpha value is -3.36. The highest BCUT2D eigenvalue weighted by Gasteiger charge is 2.23. The molecule has 0 aliphatic heterocycles. The second-order valence-corrected chi connectivity index (χ2v) is 8.87. The van der Waals surface area contributed by atoms with Crippen molar-refractivity contribution < 1.29 is 14.0 Å². The summed E-state index contributed by atoms with van der Waals surface area (Å²) in [5, 5.41) is 4.80. The molecule has 2 aromatic carbocycles. The molecule has 4 rings (SSSR count). The molecular weight excluding hydrogens is 430 g/mol. The topological polar surface area (TPSA) is 98.2 Å². The number of aromatic nitrogens is 1. The molecule has 6 nitrogen and oxygen atoms in total. The highest BCUT2D eigenvalue weighted by Crippen LogP contribution is 2.37. The van der Waals surface area contributed by atoms with Crippen LogP contribution < -0.4 is 11.1 Å². The molecule has 8 heteroatoms. The minimum Gasteiger partial charge on any atom is -0.431 e. The van der Waals surface area contributed by atoms with E-state index in [1.54, 1.807) is 18.4 Å². The van der Waals surface area contributed by atoms with Gasteiger partial charge >= 0.3 is 0 Å². The number of hydrogen-bond donors (Lipinski definition) is 2. The monoisotopic (exact) mass is 449 g/mol. The molecule has 4 aromatic rings. The van der Waals surface area contributed by atoms with Crippen molar-refractivity contribution >= 4 is 39.9 Å². The lowest BCUT2D eigenvalue weighted by Gasteiger charge is -2.09. The van der Waals surface area contributed by atoms with Crippen molar-refractivity contribution in [3.8, 4) is 22.6 Å². The van der Waals surface area contributed by atoms with Crippen LogP contribution in [0.4, 0.5) is 5.00 Å². The van der Waals surface area contributed by atoms with E-state index in [0.717, 1.165) is 16.8 Å². The van der Waals surface area contributed by atoms with E-state index in [4.69, 9.17) is 10.2 Å². The van der Waals surface area contributed by atoms with Crippen molar-refractivity contribution in [3.63, 3.8) is 0 Å². The fourth-order valence-corrected chi connectivity index (χ4v) is 4.49. The van der Waals surface area contributed by atoms with E-state index in [2.05, 4.69) is 10.3 Å². The van der Waals surface area contributed by atoms with Crippen molar-refractivity contribution in [3.05, 3.63) is 77.7 Å². The van der Waals surface area contributed by atoms with Gasteiger partial charge in [0.15, 0.2) is 5.76 Å². The van der Waals surface area contributed by atoms with Crippen LogP contribution in [-0.2, 0) is 4.79 Å². The summed E-state index contributed by atoms with van der Waals surface area (Å²) in [6.45, 7) is 1.76. The molecule has 31 heavy (non-hydrogen) atoms. The second kappa shape index (κ2) is 9.20. The van der Waals surface area contributed by atoms with Crippen LogP contribution in [0, 0.1) is 0 Å². The quantitative estimate of drug-likeness (QED) is 0.374. The maximum Gasteiger partial charge on any atom is 0.257 e. The number of nitrogens with zero attached hydrogens (tertiary/aromatic N) is 1. The molecule has 2 aromatic heterocycles. The molecule has 156 valence electrons. The second-order valence-electron chi connectivity index (χ2n) is 6.67. The fourth-order valence-electron chi connectivity index (χ4n) is 2.95. The standard InChI is InChI=1S/C23H19N3O3S2/c1-14(21(28)26-22-17(20(24)27)12-13-30-22)31-23-25-18(15-8-4-2-5-9-15)19(29-23)16-10-6-3-7-11-16/h2-14H,1H3,(H2,24,27)(H,26,28).